The van der Waals surface area contributed by atoms with Gasteiger partial charge >= 0.3 is 5.97 Å². The molecule has 4 aromatic rings. The highest BCUT2D eigenvalue weighted by atomic mass is 16.5. The summed E-state index contributed by atoms with van der Waals surface area (Å²) in [6.45, 7) is 3.81. The third-order valence-electron chi connectivity index (χ3n) is 5.46. The van der Waals surface area contributed by atoms with Crippen molar-refractivity contribution in [3.8, 4) is 11.4 Å². The van der Waals surface area contributed by atoms with Gasteiger partial charge in [0.2, 0.25) is 0 Å². The van der Waals surface area contributed by atoms with Crippen molar-refractivity contribution in [3.63, 3.8) is 0 Å². The summed E-state index contributed by atoms with van der Waals surface area (Å²) >= 11 is 0. The van der Waals surface area contributed by atoms with Crippen molar-refractivity contribution < 1.29 is 14.6 Å². The van der Waals surface area contributed by atoms with E-state index < -0.39 is 5.97 Å². The normalized spacial score (nSPS) is 12.3. The number of pyridine rings is 1. The predicted molar refractivity (Wildman–Crippen MR) is 132 cm³/mol. The summed E-state index contributed by atoms with van der Waals surface area (Å²) in [6.07, 6.45) is 3.81. The lowest BCUT2D eigenvalue weighted by Gasteiger charge is -2.09. The Morgan fingerprint density at radius 3 is 2.76 bits per heavy atom. The van der Waals surface area contributed by atoms with E-state index in [1.165, 1.54) is 6.20 Å². The van der Waals surface area contributed by atoms with Crippen LogP contribution < -0.4 is 5.56 Å². The average Bonchev–Trinajstić information content (AvgIpc) is 3.27. The SMILES string of the molecule is CCOC(=O)c1cc(C)c2nc(-c3c(N=CC(CO)Cc4ccccc4)cc[nH]c3=O)[nH]c2c1. The molecule has 8 nitrogen and oxygen atoms in total. The lowest BCUT2D eigenvalue weighted by Crippen LogP contribution is -2.12. The van der Waals surface area contributed by atoms with Gasteiger partial charge in [0, 0.05) is 18.3 Å². The first-order valence-electron chi connectivity index (χ1n) is 11.1. The number of esters is 1. The van der Waals surface area contributed by atoms with Gasteiger partial charge in [0.1, 0.15) is 11.4 Å². The highest BCUT2D eigenvalue weighted by molar-refractivity contribution is 5.95. The molecule has 2 aromatic heterocycles. The van der Waals surface area contributed by atoms with Gasteiger partial charge in [0.25, 0.3) is 5.56 Å². The highest BCUT2D eigenvalue weighted by Gasteiger charge is 2.17. The molecule has 174 valence electrons. The summed E-state index contributed by atoms with van der Waals surface area (Å²) in [5.74, 6) is -0.281. The zero-order valence-corrected chi connectivity index (χ0v) is 19.0. The standard InChI is InChI=1S/C26H26N4O4/c1-3-34-26(33)19-11-16(2)23-21(13-19)29-24(30-23)22-20(9-10-27-25(22)32)28-14-18(15-31)12-17-7-5-4-6-8-17/h4-11,13-14,18,31H,3,12,15H2,1-2H3,(H,27,32)(H,29,30). The minimum absolute atomic E-state index is 0.0720. The van der Waals surface area contributed by atoms with Gasteiger partial charge in [-0.05, 0) is 49.6 Å². The number of rotatable bonds is 8. The molecule has 2 heterocycles. The summed E-state index contributed by atoms with van der Waals surface area (Å²) in [7, 11) is 0. The molecule has 0 saturated heterocycles. The topological polar surface area (TPSA) is 120 Å². The van der Waals surface area contributed by atoms with E-state index >= 15 is 0 Å². The molecule has 0 aliphatic carbocycles. The van der Waals surface area contributed by atoms with Crippen LogP contribution in [0, 0.1) is 12.8 Å². The summed E-state index contributed by atoms with van der Waals surface area (Å²) in [4.78, 5) is 39.9. The fraction of sp³-hybridized carbons (Fsp3) is 0.231. The summed E-state index contributed by atoms with van der Waals surface area (Å²) in [5, 5.41) is 9.83. The molecule has 0 bridgehead atoms. The van der Waals surface area contributed by atoms with Crippen LogP contribution in [-0.4, -0.2) is 45.5 Å². The maximum atomic E-state index is 12.8. The van der Waals surface area contributed by atoms with Crippen LogP contribution in [0.4, 0.5) is 5.69 Å². The number of benzene rings is 2. The minimum Gasteiger partial charge on any atom is -0.462 e. The molecule has 3 N–H and O–H groups in total. The third kappa shape index (κ3) is 4.97. The second-order valence-electron chi connectivity index (χ2n) is 7.97. The zero-order chi connectivity index (χ0) is 24.1. The van der Waals surface area contributed by atoms with E-state index in [-0.39, 0.29) is 30.3 Å². The Hall–Kier alpha value is -4.04. The molecule has 34 heavy (non-hydrogen) atoms. The Labute approximate surface area is 196 Å². The van der Waals surface area contributed by atoms with Crippen LogP contribution in [0.25, 0.3) is 22.4 Å². The molecular formula is C26H26N4O4. The van der Waals surface area contributed by atoms with Crippen molar-refractivity contribution in [2.24, 2.45) is 10.9 Å². The van der Waals surface area contributed by atoms with Crippen LogP contribution in [0.15, 0.2) is 64.5 Å². The quantitative estimate of drug-likeness (QED) is 0.273. The number of aromatic amines is 2. The molecule has 0 aliphatic heterocycles. The number of carbonyl (C=O) groups is 1. The van der Waals surface area contributed by atoms with E-state index in [0.29, 0.717) is 34.5 Å². The van der Waals surface area contributed by atoms with Gasteiger partial charge in [-0.3, -0.25) is 9.79 Å². The van der Waals surface area contributed by atoms with E-state index in [9.17, 15) is 14.7 Å². The van der Waals surface area contributed by atoms with Crippen LogP contribution in [0.2, 0.25) is 0 Å². The number of H-pyrrole nitrogens is 2. The molecule has 0 radical (unpaired) electrons. The van der Waals surface area contributed by atoms with Crippen molar-refractivity contribution >= 4 is 28.9 Å². The van der Waals surface area contributed by atoms with Crippen molar-refractivity contribution in [2.75, 3.05) is 13.2 Å². The van der Waals surface area contributed by atoms with Crippen molar-refractivity contribution in [1.82, 2.24) is 15.0 Å². The predicted octanol–water partition coefficient (Wildman–Crippen LogP) is 3.96. The Morgan fingerprint density at radius 2 is 2.03 bits per heavy atom. The fourth-order valence-electron chi connectivity index (χ4n) is 3.81. The maximum Gasteiger partial charge on any atom is 0.338 e. The molecule has 1 atom stereocenters. The average molecular weight is 459 g/mol. The van der Waals surface area contributed by atoms with Gasteiger partial charge < -0.3 is 19.8 Å². The highest BCUT2D eigenvalue weighted by Crippen LogP contribution is 2.28. The van der Waals surface area contributed by atoms with Crippen molar-refractivity contribution in [1.29, 1.82) is 0 Å². The number of carbonyl (C=O) groups excluding carboxylic acids is 1. The summed E-state index contributed by atoms with van der Waals surface area (Å²) < 4.78 is 5.10. The summed E-state index contributed by atoms with van der Waals surface area (Å²) in [6, 6.07) is 14.9. The maximum absolute atomic E-state index is 12.8. The van der Waals surface area contributed by atoms with Gasteiger partial charge in [-0.15, -0.1) is 0 Å². The number of aliphatic hydroxyl groups is 1. The second-order valence-corrected chi connectivity index (χ2v) is 7.97. The Kier molecular flexibility index (Phi) is 6.98. The van der Waals surface area contributed by atoms with Crippen LogP contribution in [0.3, 0.4) is 0 Å². The molecule has 4 rings (SSSR count). The van der Waals surface area contributed by atoms with Gasteiger partial charge in [0.05, 0.1) is 35.5 Å². The first-order valence-corrected chi connectivity index (χ1v) is 11.1. The molecule has 0 amide bonds. The molecule has 0 fully saturated rings. The van der Waals surface area contributed by atoms with Crippen LogP contribution in [-0.2, 0) is 11.2 Å². The minimum atomic E-state index is -0.417. The molecule has 0 spiro atoms. The Balaban J connectivity index is 1.70. The number of aliphatic imine (C=N–C) groups is 1. The number of imidazole rings is 1. The van der Waals surface area contributed by atoms with Crippen LogP contribution in [0.1, 0.15) is 28.4 Å². The van der Waals surface area contributed by atoms with Gasteiger partial charge in [-0.1, -0.05) is 30.3 Å². The Morgan fingerprint density at radius 1 is 1.24 bits per heavy atom. The molecule has 0 saturated carbocycles. The smallest absolute Gasteiger partial charge is 0.338 e. The Bertz CT molecular complexity index is 1390. The number of ether oxygens (including phenoxy) is 1. The van der Waals surface area contributed by atoms with Crippen molar-refractivity contribution in [3.05, 3.63) is 81.8 Å². The van der Waals surface area contributed by atoms with Gasteiger partial charge in [-0.25, -0.2) is 9.78 Å². The van der Waals surface area contributed by atoms with Gasteiger partial charge in [-0.2, -0.15) is 0 Å². The van der Waals surface area contributed by atoms with Crippen LogP contribution in [0.5, 0.6) is 0 Å². The van der Waals surface area contributed by atoms with E-state index in [1.54, 1.807) is 31.3 Å². The van der Waals surface area contributed by atoms with E-state index in [2.05, 4.69) is 19.9 Å². The molecular weight excluding hydrogens is 432 g/mol. The van der Waals surface area contributed by atoms with E-state index in [0.717, 1.165) is 11.1 Å². The number of fused-ring (bicyclic) bond motifs is 1. The number of hydrogen-bond donors (Lipinski definition) is 3. The number of aryl methyl sites for hydroxylation is 1. The largest absolute Gasteiger partial charge is 0.462 e. The second kappa shape index (κ2) is 10.3. The number of aliphatic hydroxyl groups excluding tert-OH is 1. The van der Waals surface area contributed by atoms with Crippen LogP contribution >= 0.6 is 0 Å². The number of aromatic nitrogens is 3. The van der Waals surface area contributed by atoms with Gasteiger partial charge in [0.15, 0.2) is 0 Å². The monoisotopic (exact) mass is 458 g/mol. The van der Waals surface area contributed by atoms with E-state index in [1.807, 2.05) is 37.3 Å². The lowest BCUT2D eigenvalue weighted by atomic mass is 10.0. The van der Waals surface area contributed by atoms with Crippen molar-refractivity contribution in [2.45, 2.75) is 20.3 Å². The molecule has 8 heteroatoms. The number of nitrogens with zero attached hydrogens (tertiary/aromatic N) is 2. The first-order chi connectivity index (χ1) is 16.5. The van der Waals surface area contributed by atoms with E-state index in [4.69, 9.17) is 4.74 Å². The first kappa shape index (κ1) is 23.1. The fourth-order valence-corrected chi connectivity index (χ4v) is 3.81. The number of nitrogens with one attached hydrogen (secondary N) is 2. The zero-order valence-electron chi connectivity index (χ0n) is 19.0. The molecule has 1 unspecified atom stereocenters. The molecule has 0 aliphatic rings. The third-order valence-corrected chi connectivity index (χ3v) is 5.46. The summed E-state index contributed by atoms with van der Waals surface area (Å²) in [5.41, 5.74) is 3.91. The lowest BCUT2D eigenvalue weighted by molar-refractivity contribution is 0.0526. The molecule has 2 aromatic carbocycles. The number of hydrogen-bond acceptors (Lipinski definition) is 6.